The lowest BCUT2D eigenvalue weighted by atomic mass is 9.89. The molecule has 1 aliphatic heterocycles. The Labute approximate surface area is 122 Å². The van der Waals surface area contributed by atoms with Gasteiger partial charge in [0.25, 0.3) is 0 Å². The minimum absolute atomic E-state index is 0.289. The summed E-state index contributed by atoms with van der Waals surface area (Å²) in [6.45, 7) is 0.931. The molecular weight excluding hydrogens is 278 g/mol. The number of aliphatic imine (C=N–C) groups is 1. The van der Waals surface area contributed by atoms with Crippen molar-refractivity contribution in [2.24, 2.45) is 10.7 Å². The number of hydrogen-bond acceptors (Lipinski definition) is 3. The standard InChI is InChI=1S/C14H16ClN3O2/c1-20-7-6-18-13(19)17-12(16)14(18)5-4-9-8-10(15)2-3-11(9)14/h2-3,8H,4-7H2,1H3,(H2,16,17,19). The van der Waals surface area contributed by atoms with Crippen LogP contribution in [0.4, 0.5) is 4.79 Å². The predicted molar refractivity (Wildman–Crippen MR) is 77.1 cm³/mol. The summed E-state index contributed by atoms with van der Waals surface area (Å²) in [5.41, 5.74) is 7.64. The fraction of sp³-hybridized carbons (Fsp3) is 0.429. The third-order valence-corrected chi connectivity index (χ3v) is 4.35. The van der Waals surface area contributed by atoms with Crippen LogP contribution in [0.1, 0.15) is 17.5 Å². The molecule has 20 heavy (non-hydrogen) atoms. The van der Waals surface area contributed by atoms with Crippen molar-refractivity contribution in [3.63, 3.8) is 0 Å². The molecule has 2 aliphatic rings. The van der Waals surface area contributed by atoms with Gasteiger partial charge in [-0.3, -0.25) is 0 Å². The first-order valence-corrected chi connectivity index (χ1v) is 6.91. The molecule has 2 N–H and O–H groups in total. The number of fused-ring (bicyclic) bond motifs is 2. The van der Waals surface area contributed by atoms with Crippen molar-refractivity contribution in [3.8, 4) is 0 Å². The molecule has 0 saturated carbocycles. The molecule has 1 unspecified atom stereocenters. The minimum atomic E-state index is -0.616. The van der Waals surface area contributed by atoms with Gasteiger partial charge in [-0.1, -0.05) is 17.7 Å². The molecule has 106 valence electrons. The Morgan fingerprint density at radius 2 is 2.35 bits per heavy atom. The second kappa shape index (κ2) is 4.75. The van der Waals surface area contributed by atoms with E-state index in [4.69, 9.17) is 22.1 Å². The van der Waals surface area contributed by atoms with Crippen molar-refractivity contribution in [3.05, 3.63) is 34.3 Å². The van der Waals surface area contributed by atoms with E-state index in [0.29, 0.717) is 24.0 Å². The van der Waals surface area contributed by atoms with Gasteiger partial charge in [0.1, 0.15) is 11.4 Å². The van der Waals surface area contributed by atoms with Crippen molar-refractivity contribution in [1.82, 2.24) is 4.90 Å². The van der Waals surface area contributed by atoms with Crippen molar-refractivity contribution in [1.29, 1.82) is 0 Å². The molecule has 0 bridgehead atoms. The van der Waals surface area contributed by atoms with E-state index in [9.17, 15) is 4.79 Å². The van der Waals surface area contributed by atoms with Gasteiger partial charge in [0.2, 0.25) is 0 Å². The summed E-state index contributed by atoms with van der Waals surface area (Å²) in [5, 5.41) is 0.698. The molecule has 0 radical (unpaired) electrons. The maximum Gasteiger partial charge on any atom is 0.346 e. The van der Waals surface area contributed by atoms with E-state index >= 15 is 0 Å². The smallest absolute Gasteiger partial charge is 0.346 e. The number of nitrogens with two attached hydrogens (primary N) is 1. The zero-order chi connectivity index (χ0) is 14.3. The number of carbonyl (C=O) groups is 1. The number of urea groups is 1. The van der Waals surface area contributed by atoms with Crippen molar-refractivity contribution >= 4 is 23.5 Å². The first-order chi connectivity index (χ1) is 9.59. The van der Waals surface area contributed by atoms with Crippen LogP contribution < -0.4 is 5.73 Å². The number of rotatable bonds is 3. The van der Waals surface area contributed by atoms with E-state index in [1.807, 2.05) is 18.2 Å². The Kier molecular flexibility index (Phi) is 3.18. The Morgan fingerprint density at radius 3 is 3.10 bits per heavy atom. The molecule has 1 aromatic carbocycles. The molecule has 6 heteroatoms. The van der Waals surface area contributed by atoms with Crippen LogP contribution in [-0.4, -0.2) is 37.0 Å². The molecule has 1 heterocycles. The monoisotopic (exact) mass is 293 g/mol. The highest BCUT2D eigenvalue weighted by molar-refractivity contribution is 6.30. The number of aryl methyl sites for hydroxylation is 1. The largest absolute Gasteiger partial charge is 0.385 e. The van der Waals surface area contributed by atoms with Crippen LogP contribution in [0.5, 0.6) is 0 Å². The van der Waals surface area contributed by atoms with Gasteiger partial charge in [-0.05, 0) is 36.1 Å². The number of hydrogen-bond donors (Lipinski definition) is 1. The number of amidine groups is 1. The number of carbonyl (C=O) groups excluding carboxylic acids is 1. The highest BCUT2D eigenvalue weighted by atomic mass is 35.5. The van der Waals surface area contributed by atoms with E-state index in [1.165, 1.54) is 0 Å². The Morgan fingerprint density at radius 1 is 1.55 bits per heavy atom. The van der Waals surface area contributed by atoms with E-state index < -0.39 is 5.54 Å². The highest BCUT2D eigenvalue weighted by Gasteiger charge is 2.52. The van der Waals surface area contributed by atoms with Crippen LogP contribution in [0.2, 0.25) is 5.02 Å². The van der Waals surface area contributed by atoms with E-state index in [0.717, 1.165) is 24.0 Å². The second-order valence-corrected chi connectivity index (χ2v) is 5.52. The lowest BCUT2D eigenvalue weighted by molar-refractivity contribution is 0.122. The lowest BCUT2D eigenvalue weighted by Crippen LogP contribution is -2.51. The maximum atomic E-state index is 12.1. The fourth-order valence-electron chi connectivity index (χ4n) is 3.20. The summed E-state index contributed by atoms with van der Waals surface area (Å²) in [5.74, 6) is 0.375. The fourth-order valence-corrected chi connectivity index (χ4v) is 3.39. The molecule has 0 aromatic heterocycles. The van der Waals surface area contributed by atoms with E-state index in [1.54, 1.807) is 12.0 Å². The average Bonchev–Trinajstić information content (AvgIpc) is 2.89. The topological polar surface area (TPSA) is 67.9 Å². The lowest BCUT2D eigenvalue weighted by Gasteiger charge is -2.35. The number of ether oxygens (including phenoxy) is 1. The summed E-state index contributed by atoms with van der Waals surface area (Å²) < 4.78 is 5.09. The number of methoxy groups -OCH3 is 1. The predicted octanol–water partition coefficient (Wildman–Crippen LogP) is 1.92. The van der Waals surface area contributed by atoms with Crippen LogP contribution in [0.25, 0.3) is 0 Å². The minimum Gasteiger partial charge on any atom is -0.385 e. The number of nitrogens with zero attached hydrogens (tertiary/aromatic N) is 2. The SMILES string of the molecule is COCCN1C(=O)N=C(N)C12CCc1cc(Cl)ccc12. The Balaban J connectivity index is 2.07. The van der Waals surface area contributed by atoms with Gasteiger partial charge in [-0.2, -0.15) is 4.99 Å². The molecule has 5 nitrogen and oxygen atoms in total. The molecule has 3 rings (SSSR count). The number of benzene rings is 1. The van der Waals surface area contributed by atoms with Crippen LogP contribution in [0.15, 0.2) is 23.2 Å². The molecule has 1 spiro atoms. The Bertz CT molecular complexity index is 602. The molecular formula is C14H16ClN3O2. The zero-order valence-corrected chi connectivity index (χ0v) is 12.0. The summed E-state index contributed by atoms with van der Waals surface area (Å²) in [6.07, 6.45) is 1.58. The van der Waals surface area contributed by atoms with Gasteiger partial charge in [-0.15, -0.1) is 0 Å². The molecule has 0 saturated heterocycles. The van der Waals surface area contributed by atoms with Crippen LogP contribution in [0, 0.1) is 0 Å². The van der Waals surface area contributed by atoms with Gasteiger partial charge in [0.05, 0.1) is 6.61 Å². The summed E-state index contributed by atoms with van der Waals surface area (Å²) in [7, 11) is 1.61. The summed E-state index contributed by atoms with van der Waals surface area (Å²) >= 11 is 6.04. The summed E-state index contributed by atoms with van der Waals surface area (Å²) in [4.78, 5) is 17.8. The number of amides is 2. The molecule has 0 fully saturated rings. The van der Waals surface area contributed by atoms with Crippen molar-refractivity contribution < 1.29 is 9.53 Å². The van der Waals surface area contributed by atoms with Gasteiger partial charge in [0, 0.05) is 18.7 Å². The van der Waals surface area contributed by atoms with Crippen molar-refractivity contribution in [2.45, 2.75) is 18.4 Å². The van der Waals surface area contributed by atoms with Gasteiger partial charge >= 0.3 is 6.03 Å². The third-order valence-electron chi connectivity index (χ3n) is 4.12. The number of halogens is 1. The van der Waals surface area contributed by atoms with Gasteiger partial charge in [-0.25, -0.2) is 4.79 Å². The van der Waals surface area contributed by atoms with E-state index in [2.05, 4.69) is 4.99 Å². The second-order valence-electron chi connectivity index (χ2n) is 5.09. The highest BCUT2D eigenvalue weighted by Crippen LogP contribution is 2.45. The van der Waals surface area contributed by atoms with Crippen LogP contribution >= 0.6 is 11.6 Å². The Hall–Kier alpha value is -1.59. The van der Waals surface area contributed by atoms with Crippen LogP contribution in [-0.2, 0) is 16.7 Å². The summed E-state index contributed by atoms with van der Waals surface area (Å²) in [6, 6.07) is 5.43. The first kappa shape index (κ1) is 13.4. The molecule has 1 aromatic rings. The molecule has 1 aliphatic carbocycles. The normalized spacial score (nSPS) is 24.4. The zero-order valence-electron chi connectivity index (χ0n) is 11.2. The quantitative estimate of drug-likeness (QED) is 0.926. The third kappa shape index (κ3) is 1.73. The molecule has 2 amide bonds. The molecule has 1 atom stereocenters. The van der Waals surface area contributed by atoms with Crippen LogP contribution in [0.3, 0.4) is 0 Å². The average molecular weight is 294 g/mol. The van der Waals surface area contributed by atoms with Crippen molar-refractivity contribution in [2.75, 3.05) is 20.3 Å². The van der Waals surface area contributed by atoms with Gasteiger partial charge in [0.15, 0.2) is 0 Å². The van der Waals surface area contributed by atoms with Gasteiger partial charge < -0.3 is 15.4 Å². The maximum absolute atomic E-state index is 12.1. The first-order valence-electron chi connectivity index (χ1n) is 6.53. The van der Waals surface area contributed by atoms with E-state index in [-0.39, 0.29) is 6.03 Å².